The number of nitrogens with two attached hydrogens (primary N) is 1. The van der Waals surface area contributed by atoms with Gasteiger partial charge in [0.2, 0.25) is 10.9 Å². The Hall–Kier alpha value is -3.19. The average Bonchev–Trinajstić information content (AvgIpc) is 3.34. The van der Waals surface area contributed by atoms with Gasteiger partial charge in [-0.05, 0) is 32.5 Å². The first-order valence-corrected chi connectivity index (χ1v) is 13.0. The van der Waals surface area contributed by atoms with Gasteiger partial charge >= 0.3 is 5.97 Å². The predicted molar refractivity (Wildman–Crippen MR) is 134 cm³/mol. The van der Waals surface area contributed by atoms with Crippen molar-refractivity contribution in [2.45, 2.75) is 28.4 Å². The molecule has 186 valence electrons. The van der Waals surface area contributed by atoms with Gasteiger partial charge in [-0.2, -0.15) is 0 Å². The maximum atomic E-state index is 13.8. The highest BCUT2D eigenvalue weighted by Gasteiger charge is 2.64. The Labute approximate surface area is 216 Å². The van der Waals surface area contributed by atoms with E-state index >= 15 is 0 Å². The summed E-state index contributed by atoms with van der Waals surface area (Å²) in [5.74, 6) is -0.632. The molecule has 0 spiro atoms. The van der Waals surface area contributed by atoms with Crippen LogP contribution in [0, 0.1) is 0 Å². The molecule has 2 N–H and O–H groups in total. The SMILES string of the molecule is COC1(N)C(=O)N2C(C(=O)OC(c3ccccc3)c3ccccc3)C(CSc3nnnn3C)=CSC21. The summed E-state index contributed by atoms with van der Waals surface area (Å²) in [5, 5.41) is 13.4. The summed E-state index contributed by atoms with van der Waals surface area (Å²) < 4.78 is 13.0. The Balaban J connectivity index is 1.46. The van der Waals surface area contributed by atoms with E-state index in [4.69, 9.17) is 15.2 Å². The Morgan fingerprint density at radius 2 is 1.81 bits per heavy atom. The third-order valence-electron chi connectivity index (χ3n) is 6.11. The van der Waals surface area contributed by atoms with E-state index < -0.39 is 35.1 Å². The number of carbonyl (C=O) groups is 2. The second-order valence-electron chi connectivity index (χ2n) is 8.31. The number of ether oxygens (including phenoxy) is 2. The normalized spacial score (nSPS) is 23.2. The fraction of sp³-hybridized carbons (Fsp3) is 0.292. The zero-order chi connectivity index (χ0) is 25.3. The van der Waals surface area contributed by atoms with Crippen molar-refractivity contribution in [3.05, 3.63) is 82.8 Å². The van der Waals surface area contributed by atoms with E-state index in [1.165, 1.54) is 35.5 Å². The fourth-order valence-corrected chi connectivity index (χ4v) is 6.41. The number of amides is 1. The minimum Gasteiger partial charge on any atom is -0.451 e. The molecule has 0 saturated carbocycles. The molecule has 36 heavy (non-hydrogen) atoms. The molecule has 3 heterocycles. The molecular weight excluding hydrogens is 500 g/mol. The van der Waals surface area contributed by atoms with Gasteiger partial charge in [0.15, 0.2) is 12.1 Å². The zero-order valence-electron chi connectivity index (χ0n) is 19.6. The van der Waals surface area contributed by atoms with Crippen molar-refractivity contribution in [3.8, 4) is 0 Å². The first kappa shape index (κ1) is 24.5. The number of β-lactam (4-membered cyclic amide) rings is 1. The molecule has 2 aliphatic heterocycles. The van der Waals surface area contributed by atoms with E-state index in [0.29, 0.717) is 16.5 Å². The van der Waals surface area contributed by atoms with Crippen LogP contribution in [0.1, 0.15) is 17.2 Å². The second-order valence-corrected chi connectivity index (χ2v) is 10.2. The molecule has 3 unspecified atom stereocenters. The number of nitrogens with zero attached hydrogens (tertiary/aromatic N) is 5. The molecule has 1 amide bonds. The first-order chi connectivity index (χ1) is 17.4. The number of methoxy groups -OCH3 is 1. The van der Waals surface area contributed by atoms with E-state index in [9.17, 15) is 9.59 Å². The smallest absolute Gasteiger partial charge is 0.334 e. The molecule has 1 aromatic heterocycles. The van der Waals surface area contributed by atoms with E-state index in [1.54, 1.807) is 11.7 Å². The van der Waals surface area contributed by atoms with Gasteiger partial charge in [-0.15, -0.1) is 16.9 Å². The van der Waals surface area contributed by atoms with Crippen molar-refractivity contribution in [1.29, 1.82) is 0 Å². The Morgan fingerprint density at radius 3 is 2.36 bits per heavy atom. The third-order valence-corrected chi connectivity index (χ3v) is 8.47. The molecule has 0 aliphatic carbocycles. The number of hydrogen-bond donors (Lipinski definition) is 1. The lowest BCUT2D eigenvalue weighted by atomic mass is 9.95. The van der Waals surface area contributed by atoms with Crippen LogP contribution in [-0.4, -0.2) is 67.0 Å². The van der Waals surface area contributed by atoms with Crippen molar-refractivity contribution in [3.63, 3.8) is 0 Å². The van der Waals surface area contributed by atoms with Crippen molar-refractivity contribution in [1.82, 2.24) is 25.1 Å². The number of tetrazole rings is 1. The predicted octanol–water partition coefficient (Wildman–Crippen LogP) is 2.10. The van der Waals surface area contributed by atoms with Crippen molar-refractivity contribution in [2.75, 3.05) is 12.9 Å². The number of carbonyl (C=O) groups excluding carboxylic acids is 2. The number of aryl methyl sites for hydroxylation is 1. The Morgan fingerprint density at radius 1 is 1.17 bits per heavy atom. The maximum absolute atomic E-state index is 13.8. The number of esters is 1. The molecule has 0 bridgehead atoms. The molecule has 3 aromatic rings. The summed E-state index contributed by atoms with van der Waals surface area (Å²) in [4.78, 5) is 28.4. The number of thioether (sulfide) groups is 2. The Kier molecular flexibility index (Phi) is 6.84. The number of benzene rings is 2. The lowest BCUT2D eigenvalue weighted by Crippen LogP contribution is -2.81. The van der Waals surface area contributed by atoms with Crippen LogP contribution in [0.3, 0.4) is 0 Å². The third kappa shape index (κ3) is 4.30. The molecule has 1 saturated heterocycles. The number of rotatable bonds is 8. The van der Waals surface area contributed by atoms with Crippen LogP contribution in [0.2, 0.25) is 0 Å². The van der Waals surface area contributed by atoms with Crippen LogP contribution < -0.4 is 5.73 Å². The van der Waals surface area contributed by atoms with Gasteiger partial charge in [0.05, 0.1) is 0 Å². The molecule has 2 aliphatic rings. The molecule has 1 fully saturated rings. The molecule has 12 heteroatoms. The maximum Gasteiger partial charge on any atom is 0.334 e. The highest BCUT2D eigenvalue weighted by molar-refractivity contribution is 8.03. The van der Waals surface area contributed by atoms with E-state index in [-0.39, 0.29) is 0 Å². The van der Waals surface area contributed by atoms with Crippen LogP contribution in [0.4, 0.5) is 0 Å². The van der Waals surface area contributed by atoms with Crippen LogP contribution in [0.5, 0.6) is 0 Å². The topological polar surface area (TPSA) is 125 Å². The number of aromatic nitrogens is 4. The lowest BCUT2D eigenvalue weighted by Gasteiger charge is -2.56. The van der Waals surface area contributed by atoms with Gasteiger partial charge in [0.1, 0.15) is 5.37 Å². The minimum absolute atomic E-state index is 0.378. The lowest BCUT2D eigenvalue weighted by molar-refractivity contribution is -0.194. The van der Waals surface area contributed by atoms with Crippen molar-refractivity contribution < 1.29 is 19.1 Å². The van der Waals surface area contributed by atoms with Gasteiger partial charge in [-0.3, -0.25) is 10.5 Å². The average molecular weight is 525 g/mol. The van der Waals surface area contributed by atoms with Crippen molar-refractivity contribution in [2.24, 2.45) is 12.8 Å². The van der Waals surface area contributed by atoms with Gasteiger partial charge in [-0.1, -0.05) is 72.4 Å². The highest BCUT2D eigenvalue weighted by atomic mass is 32.2. The molecule has 5 rings (SSSR count). The van der Waals surface area contributed by atoms with Gasteiger partial charge in [0.25, 0.3) is 5.91 Å². The largest absolute Gasteiger partial charge is 0.451 e. The van der Waals surface area contributed by atoms with Gasteiger partial charge in [-0.25, -0.2) is 9.48 Å². The number of fused-ring (bicyclic) bond motifs is 1. The molecule has 3 atom stereocenters. The minimum atomic E-state index is -1.50. The molecule has 10 nitrogen and oxygen atoms in total. The zero-order valence-corrected chi connectivity index (χ0v) is 21.2. The fourth-order valence-electron chi connectivity index (χ4n) is 4.19. The Bertz CT molecular complexity index is 1250. The molecule has 2 aromatic carbocycles. The van der Waals surface area contributed by atoms with Crippen LogP contribution in [0.15, 0.2) is 76.8 Å². The second kappa shape index (κ2) is 10.1. The van der Waals surface area contributed by atoms with Gasteiger partial charge < -0.3 is 14.4 Å². The highest BCUT2D eigenvalue weighted by Crippen LogP contribution is 2.46. The summed E-state index contributed by atoms with van der Waals surface area (Å²) in [5.41, 5.74) is 7.06. The first-order valence-electron chi connectivity index (χ1n) is 11.1. The summed E-state index contributed by atoms with van der Waals surface area (Å²) in [6, 6.07) is 18.0. The quantitative estimate of drug-likeness (QED) is 0.203. The number of hydrogen-bond acceptors (Lipinski definition) is 10. The van der Waals surface area contributed by atoms with Crippen molar-refractivity contribution >= 4 is 35.4 Å². The van der Waals surface area contributed by atoms with E-state index in [0.717, 1.165) is 11.1 Å². The van der Waals surface area contributed by atoms with Crippen LogP contribution in [-0.2, 0) is 26.1 Å². The molecule has 0 radical (unpaired) electrons. The summed E-state index contributed by atoms with van der Waals surface area (Å²) in [6.45, 7) is 0. The summed E-state index contributed by atoms with van der Waals surface area (Å²) >= 11 is 2.71. The monoisotopic (exact) mass is 524 g/mol. The van der Waals surface area contributed by atoms with E-state index in [1.807, 2.05) is 66.1 Å². The standard InChI is InChI=1S/C24H24N6O4S2/c1-29-23(26-27-28-29)36-14-17-13-35-22-24(25,33-2)21(32)30(22)18(17)20(31)34-19(15-9-5-3-6-10-15)16-11-7-4-8-12-16/h3-13,18-19,22H,14,25H2,1-2H3. The van der Waals surface area contributed by atoms with E-state index in [2.05, 4.69) is 15.5 Å². The summed E-state index contributed by atoms with van der Waals surface area (Å²) in [6.07, 6.45) is -0.647. The summed E-state index contributed by atoms with van der Waals surface area (Å²) in [7, 11) is 3.12. The van der Waals surface area contributed by atoms with Crippen LogP contribution >= 0.6 is 23.5 Å². The van der Waals surface area contributed by atoms with Crippen LogP contribution in [0.25, 0.3) is 0 Å². The molecular formula is C24H24N6O4S2. The van der Waals surface area contributed by atoms with Gasteiger partial charge in [0, 0.05) is 19.9 Å².